The zero-order chi connectivity index (χ0) is 17.0. The van der Waals surface area contributed by atoms with Crippen LogP contribution in [-0.2, 0) is 10.0 Å². The Bertz CT molecular complexity index is 630. The summed E-state index contributed by atoms with van der Waals surface area (Å²) in [5, 5.41) is 0. The van der Waals surface area contributed by atoms with E-state index in [1.165, 1.54) is 19.1 Å². The second-order valence-corrected chi connectivity index (χ2v) is 8.45. The molecule has 23 heavy (non-hydrogen) atoms. The van der Waals surface area contributed by atoms with E-state index >= 15 is 0 Å². The molecule has 2 rings (SSSR count). The van der Waals surface area contributed by atoms with Gasteiger partial charge in [0.2, 0.25) is 10.0 Å². The van der Waals surface area contributed by atoms with Gasteiger partial charge in [-0.3, -0.25) is 4.79 Å². The predicted octanol–water partition coefficient (Wildman–Crippen LogP) is 2.24. The normalized spacial score (nSPS) is 17.6. The fraction of sp³-hybridized carbons (Fsp3) is 0.588. The van der Waals surface area contributed by atoms with E-state index in [9.17, 15) is 13.2 Å². The molecule has 0 radical (unpaired) electrons. The number of carbonyl (C=O) groups excluding carboxylic acids is 1. The maximum atomic E-state index is 12.7. The molecule has 0 aromatic heterocycles. The van der Waals surface area contributed by atoms with Crippen LogP contribution < -0.4 is 0 Å². The first kappa shape index (κ1) is 18.1. The van der Waals surface area contributed by atoms with Gasteiger partial charge in [0, 0.05) is 31.7 Å². The first-order valence-corrected chi connectivity index (χ1v) is 9.58. The molecule has 1 saturated heterocycles. The van der Waals surface area contributed by atoms with E-state index in [1.54, 1.807) is 16.4 Å². The Morgan fingerprint density at radius 3 is 2.13 bits per heavy atom. The first-order valence-electron chi connectivity index (χ1n) is 8.14. The molecule has 128 valence electrons. The summed E-state index contributed by atoms with van der Waals surface area (Å²) < 4.78 is 26.9. The van der Waals surface area contributed by atoms with E-state index in [4.69, 9.17) is 0 Å². The van der Waals surface area contributed by atoms with Crippen LogP contribution in [0.4, 0.5) is 0 Å². The van der Waals surface area contributed by atoms with Gasteiger partial charge in [-0.05, 0) is 37.9 Å². The Labute approximate surface area is 139 Å². The topological polar surface area (TPSA) is 57.7 Å². The van der Waals surface area contributed by atoms with Gasteiger partial charge in [0.25, 0.3) is 0 Å². The van der Waals surface area contributed by atoms with Crippen molar-refractivity contribution in [1.29, 1.82) is 0 Å². The molecule has 6 heteroatoms. The standard InChI is InChI=1S/C17H26N2O3S/c1-14(2)8-9-18-10-12-19(13-11-18)23(21,22)17-6-4-16(5-7-17)15(3)20/h4-7,14H,8-13H2,1-3H3. The largest absolute Gasteiger partial charge is 0.301 e. The Kier molecular flexibility index (Phi) is 5.95. The van der Waals surface area contributed by atoms with E-state index in [0.717, 1.165) is 26.1 Å². The Morgan fingerprint density at radius 2 is 1.65 bits per heavy atom. The summed E-state index contributed by atoms with van der Waals surface area (Å²) in [5.74, 6) is 0.601. The molecule has 0 spiro atoms. The number of hydrogen-bond acceptors (Lipinski definition) is 4. The fourth-order valence-electron chi connectivity index (χ4n) is 2.64. The Hall–Kier alpha value is -1.24. The second-order valence-electron chi connectivity index (χ2n) is 6.51. The predicted molar refractivity (Wildman–Crippen MR) is 91.1 cm³/mol. The highest BCUT2D eigenvalue weighted by Gasteiger charge is 2.28. The number of nitrogens with zero attached hydrogens (tertiary/aromatic N) is 2. The van der Waals surface area contributed by atoms with Crippen molar-refractivity contribution < 1.29 is 13.2 Å². The van der Waals surface area contributed by atoms with Crippen molar-refractivity contribution >= 4 is 15.8 Å². The summed E-state index contributed by atoms with van der Waals surface area (Å²) in [4.78, 5) is 13.9. The number of carbonyl (C=O) groups is 1. The molecule has 0 saturated carbocycles. The minimum absolute atomic E-state index is 0.0623. The smallest absolute Gasteiger partial charge is 0.243 e. The fourth-order valence-corrected chi connectivity index (χ4v) is 4.07. The Balaban J connectivity index is 2.00. The van der Waals surface area contributed by atoms with Crippen LogP contribution in [-0.4, -0.2) is 56.1 Å². The number of piperazine rings is 1. The molecule has 0 aliphatic carbocycles. The molecule has 1 aromatic carbocycles. The molecule has 5 nitrogen and oxygen atoms in total. The zero-order valence-corrected chi connectivity index (χ0v) is 15.0. The van der Waals surface area contributed by atoms with Crippen LogP contribution in [0.5, 0.6) is 0 Å². The van der Waals surface area contributed by atoms with Crippen LogP contribution in [0, 0.1) is 5.92 Å². The van der Waals surface area contributed by atoms with Gasteiger partial charge in [0.05, 0.1) is 4.90 Å². The molecule has 0 bridgehead atoms. The molecule has 1 fully saturated rings. The number of benzene rings is 1. The molecule has 1 aliphatic rings. The minimum atomic E-state index is -3.46. The Morgan fingerprint density at radius 1 is 1.09 bits per heavy atom. The minimum Gasteiger partial charge on any atom is -0.301 e. The molecular formula is C17H26N2O3S. The number of Topliss-reactive ketones (excluding diaryl/α,β-unsaturated/α-hetero) is 1. The van der Waals surface area contributed by atoms with Crippen molar-refractivity contribution in [3.8, 4) is 0 Å². The zero-order valence-electron chi connectivity index (χ0n) is 14.2. The van der Waals surface area contributed by atoms with Crippen LogP contribution in [0.1, 0.15) is 37.6 Å². The summed E-state index contributed by atoms with van der Waals surface area (Å²) in [6.07, 6.45) is 1.14. The van der Waals surface area contributed by atoms with Gasteiger partial charge >= 0.3 is 0 Å². The molecule has 0 amide bonds. The van der Waals surface area contributed by atoms with Gasteiger partial charge in [-0.2, -0.15) is 4.31 Å². The van der Waals surface area contributed by atoms with Crippen LogP contribution in [0.3, 0.4) is 0 Å². The SMILES string of the molecule is CC(=O)c1ccc(S(=O)(=O)N2CCN(CCC(C)C)CC2)cc1. The summed E-state index contributed by atoms with van der Waals surface area (Å²) >= 11 is 0. The van der Waals surface area contributed by atoms with Crippen molar-refractivity contribution in [2.24, 2.45) is 5.92 Å². The van der Waals surface area contributed by atoms with E-state index in [0.29, 0.717) is 24.6 Å². The van der Waals surface area contributed by atoms with E-state index in [2.05, 4.69) is 18.7 Å². The highest BCUT2D eigenvalue weighted by Crippen LogP contribution is 2.19. The average Bonchev–Trinajstić information content (AvgIpc) is 2.53. The maximum absolute atomic E-state index is 12.7. The highest BCUT2D eigenvalue weighted by molar-refractivity contribution is 7.89. The molecule has 0 N–H and O–H groups in total. The van der Waals surface area contributed by atoms with Gasteiger partial charge in [-0.25, -0.2) is 8.42 Å². The van der Waals surface area contributed by atoms with Crippen molar-refractivity contribution in [3.63, 3.8) is 0 Å². The lowest BCUT2D eigenvalue weighted by Gasteiger charge is -2.34. The monoisotopic (exact) mass is 338 g/mol. The lowest BCUT2D eigenvalue weighted by atomic mass is 10.1. The third-order valence-corrected chi connectivity index (χ3v) is 6.17. The van der Waals surface area contributed by atoms with Crippen LogP contribution in [0.2, 0.25) is 0 Å². The highest BCUT2D eigenvalue weighted by atomic mass is 32.2. The lowest BCUT2D eigenvalue weighted by molar-refractivity contribution is 0.101. The van der Waals surface area contributed by atoms with Gasteiger partial charge in [0.1, 0.15) is 0 Å². The number of hydrogen-bond donors (Lipinski definition) is 0. The van der Waals surface area contributed by atoms with Gasteiger partial charge < -0.3 is 4.90 Å². The summed E-state index contributed by atoms with van der Waals surface area (Å²) in [6.45, 7) is 9.49. The molecule has 1 aliphatic heterocycles. The lowest BCUT2D eigenvalue weighted by Crippen LogP contribution is -2.48. The second kappa shape index (κ2) is 7.55. The molecule has 0 unspecified atom stereocenters. The molecule has 1 heterocycles. The van der Waals surface area contributed by atoms with Gasteiger partial charge in [0.15, 0.2) is 5.78 Å². The van der Waals surface area contributed by atoms with Crippen LogP contribution >= 0.6 is 0 Å². The van der Waals surface area contributed by atoms with E-state index in [-0.39, 0.29) is 10.7 Å². The number of sulfonamides is 1. The van der Waals surface area contributed by atoms with E-state index < -0.39 is 10.0 Å². The van der Waals surface area contributed by atoms with Crippen LogP contribution in [0.25, 0.3) is 0 Å². The van der Waals surface area contributed by atoms with Crippen molar-refractivity contribution in [2.75, 3.05) is 32.7 Å². The van der Waals surface area contributed by atoms with Crippen LogP contribution in [0.15, 0.2) is 29.2 Å². The van der Waals surface area contributed by atoms with Crippen molar-refractivity contribution in [2.45, 2.75) is 32.1 Å². The van der Waals surface area contributed by atoms with E-state index in [1.807, 2.05) is 0 Å². The average molecular weight is 338 g/mol. The summed E-state index contributed by atoms with van der Waals surface area (Å²) in [7, 11) is -3.46. The first-order chi connectivity index (χ1) is 10.8. The van der Waals surface area contributed by atoms with Gasteiger partial charge in [-0.1, -0.05) is 26.0 Å². The summed E-state index contributed by atoms with van der Waals surface area (Å²) in [5.41, 5.74) is 0.530. The quantitative estimate of drug-likeness (QED) is 0.747. The molecule has 0 atom stereocenters. The number of rotatable bonds is 6. The number of ketones is 1. The van der Waals surface area contributed by atoms with Crippen molar-refractivity contribution in [1.82, 2.24) is 9.21 Å². The molecule has 1 aromatic rings. The third kappa shape index (κ3) is 4.62. The molecular weight excluding hydrogens is 312 g/mol. The van der Waals surface area contributed by atoms with Gasteiger partial charge in [-0.15, -0.1) is 0 Å². The van der Waals surface area contributed by atoms with Crippen molar-refractivity contribution in [3.05, 3.63) is 29.8 Å². The maximum Gasteiger partial charge on any atom is 0.243 e. The summed E-state index contributed by atoms with van der Waals surface area (Å²) in [6, 6.07) is 6.20. The third-order valence-electron chi connectivity index (χ3n) is 4.25.